The van der Waals surface area contributed by atoms with Crippen molar-refractivity contribution in [3.8, 4) is 10.6 Å². The molecule has 3 aromatic rings. The number of hydrogen-bond donors (Lipinski definition) is 1. The molecule has 1 N–H and O–H groups in total. The van der Waals surface area contributed by atoms with Crippen LogP contribution in [0.4, 0.5) is 10.1 Å². The van der Waals surface area contributed by atoms with E-state index in [0.717, 1.165) is 36.8 Å². The average Bonchev–Trinajstić information content (AvgIpc) is 3.13. The molecule has 1 fully saturated rings. The number of nitrogens with zero attached hydrogens (tertiary/aromatic N) is 2. The van der Waals surface area contributed by atoms with Crippen LogP contribution in [0.2, 0.25) is 0 Å². The first kappa shape index (κ1) is 20.7. The third-order valence-corrected chi connectivity index (χ3v) is 6.79. The zero-order valence-corrected chi connectivity index (χ0v) is 18.1. The molecule has 1 saturated heterocycles. The fraction of sp³-hybridized carbons (Fsp3) is 0.333. The quantitative estimate of drug-likeness (QED) is 0.569. The highest BCUT2D eigenvalue weighted by Gasteiger charge is 2.18. The zero-order valence-electron chi connectivity index (χ0n) is 17.3. The number of aryl methyl sites for hydroxylation is 1. The number of carbonyl (C=O) groups is 1. The molecule has 1 aliphatic rings. The molecule has 0 radical (unpaired) electrons. The summed E-state index contributed by atoms with van der Waals surface area (Å²) in [5.41, 5.74) is 3.51. The van der Waals surface area contributed by atoms with E-state index < -0.39 is 0 Å². The molecule has 0 spiro atoms. The van der Waals surface area contributed by atoms with E-state index in [1.165, 1.54) is 41.9 Å². The van der Waals surface area contributed by atoms with Crippen molar-refractivity contribution in [2.45, 2.75) is 33.2 Å². The maximum absolute atomic E-state index is 13.1. The summed E-state index contributed by atoms with van der Waals surface area (Å²) in [5.74, 6) is 0.372. The van der Waals surface area contributed by atoms with E-state index in [2.05, 4.69) is 34.3 Å². The van der Waals surface area contributed by atoms with Gasteiger partial charge in [-0.15, -0.1) is 11.3 Å². The van der Waals surface area contributed by atoms with Crippen molar-refractivity contribution in [3.05, 3.63) is 70.5 Å². The number of halogens is 1. The number of likely N-dealkylation sites (tertiary alicyclic amines) is 1. The SMILES string of the molecule is Cc1nc(-c2ccc(F)cc2)sc1C(=O)Nc1ccc(CN2CCC(C)CC2)cc1. The molecular formula is C24H26FN3OS. The molecule has 0 bridgehead atoms. The standard InChI is InChI=1S/C24H26FN3OS/c1-16-11-13-28(14-12-16)15-18-3-9-21(10-4-18)27-23(29)22-17(2)26-24(30-22)19-5-7-20(25)8-6-19/h3-10,16H,11-15H2,1-2H3,(H,27,29). The van der Waals surface area contributed by atoms with E-state index in [4.69, 9.17) is 0 Å². The lowest BCUT2D eigenvalue weighted by Crippen LogP contribution is -2.32. The number of rotatable bonds is 5. The van der Waals surface area contributed by atoms with E-state index in [-0.39, 0.29) is 11.7 Å². The van der Waals surface area contributed by atoms with E-state index in [1.807, 2.05) is 19.1 Å². The minimum Gasteiger partial charge on any atom is -0.321 e. The first-order valence-electron chi connectivity index (χ1n) is 10.3. The largest absolute Gasteiger partial charge is 0.321 e. The molecule has 1 aromatic heterocycles. The normalized spacial score (nSPS) is 15.3. The molecule has 1 amide bonds. The summed E-state index contributed by atoms with van der Waals surface area (Å²) in [7, 11) is 0. The van der Waals surface area contributed by atoms with Crippen LogP contribution in [0, 0.1) is 18.7 Å². The molecule has 2 aromatic carbocycles. The monoisotopic (exact) mass is 423 g/mol. The van der Waals surface area contributed by atoms with Crippen molar-refractivity contribution in [2.24, 2.45) is 5.92 Å². The molecule has 4 nitrogen and oxygen atoms in total. The minimum atomic E-state index is -0.289. The van der Waals surface area contributed by atoms with Gasteiger partial charge in [-0.3, -0.25) is 9.69 Å². The summed E-state index contributed by atoms with van der Waals surface area (Å²) in [6.45, 7) is 7.40. The van der Waals surface area contributed by atoms with Crippen LogP contribution in [0.3, 0.4) is 0 Å². The van der Waals surface area contributed by atoms with Crippen LogP contribution in [0.5, 0.6) is 0 Å². The molecule has 4 rings (SSSR count). The summed E-state index contributed by atoms with van der Waals surface area (Å²) in [4.78, 5) is 20.3. The lowest BCUT2D eigenvalue weighted by Gasteiger charge is -2.30. The van der Waals surface area contributed by atoms with Crippen LogP contribution < -0.4 is 5.32 Å². The van der Waals surface area contributed by atoms with Crippen LogP contribution in [0.25, 0.3) is 10.6 Å². The Balaban J connectivity index is 1.39. The third kappa shape index (κ3) is 4.94. The Labute approximate surface area is 180 Å². The molecular weight excluding hydrogens is 397 g/mol. The Bertz CT molecular complexity index is 1010. The van der Waals surface area contributed by atoms with E-state index in [9.17, 15) is 9.18 Å². The van der Waals surface area contributed by atoms with Crippen LogP contribution in [0.15, 0.2) is 48.5 Å². The van der Waals surface area contributed by atoms with Gasteiger partial charge in [-0.05, 0) is 80.7 Å². The number of hydrogen-bond acceptors (Lipinski definition) is 4. The van der Waals surface area contributed by atoms with Crippen molar-refractivity contribution in [1.82, 2.24) is 9.88 Å². The van der Waals surface area contributed by atoms with E-state index >= 15 is 0 Å². The second kappa shape index (κ2) is 9.06. The van der Waals surface area contributed by atoms with Crippen LogP contribution in [-0.2, 0) is 6.54 Å². The van der Waals surface area contributed by atoms with Crippen LogP contribution in [0.1, 0.15) is 40.7 Å². The number of carbonyl (C=O) groups excluding carboxylic acids is 1. The Kier molecular flexibility index (Phi) is 6.25. The first-order chi connectivity index (χ1) is 14.5. The Morgan fingerprint density at radius 1 is 1.13 bits per heavy atom. The summed E-state index contributed by atoms with van der Waals surface area (Å²) >= 11 is 1.32. The number of aromatic nitrogens is 1. The van der Waals surface area contributed by atoms with Gasteiger partial charge in [-0.25, -0.2) is 9.37 Å². The van der Waals surface area contributed by atoms with Gasteiger partial charge in [0.1, 0.15) is 15.7 Å². The van der Waals surface area contributed by atoms with Crippen LogP contribution >= 0.6 is 11.3 Å². The summed E-state index contributed by atoms with van der Waals surface area (Å²) < 4.78 is 13.1. The van der Waals surface area contributed by atoms with Gasteiger partial charge in [-0.1, -0.05) is 19.1 Å². The van der Waals surface area contributed by atoms with Crippen molar-refractivity contribution in [1.29, 1.82) is 0 Å². The number of anilines is 1. The number of benzene rings is 2. The maximum atomic E-state index is 13.1. The van der Waals surface area contributed by atoms with Gasteiger partial charge in [-0.2, -0.15) is 0 Å². The number of thiazole rings is 1. The van der Waals surface area contributed by atoms with Crippen molar-refractivity contribution < 1.29 is 9.18 Å². The van der Waals surface area contributed by atoms with Crippen molar-refractivity contribution in [2.75, 3.05) is 18.4 Å². The van der Waals surface area contributed by atoms with Crippen molar-refractivity contribution >= 4 is 22.9 Å². The predicted octanol–water partition coefficient (Wildman–Crippen LogP) is 5.74. The lowest BCUT2D eigenvalue weighted by molar-refractivity contribution is 0.103. The van der Waals surface area contributed by atoms with Gasteiger partial charge in [0.25, 0.3) is 5.91 Å². The topological polar surface area (TPSA) is 45.2 Å². The molecule has 6 heteroatoms. The third-order valence-electron chi connectivity index (χ3n) is 5.59. The predicted molar refractivity (Wildman–Crippen MR) is 120 cm³/mol. The fourth-order valence-corrected chi connectivity index (χ4v) is 4.65. The maximum Gasteiger partial charge on any atom is 0.267 e. The van der Waals surface area contributed by atoms with Gasteiger partial charge in [0.05, 0.1) is 5.69 Å². The molecule has 0 saturated carbocycles. The lowest BCUT2D eigenvalue weighted by atomic mass is 9.99. The Morgan fingerprint density at radius 3 is 2.47 bits per heavy atom. The Hall–Kier alpha value is -2.57. The van der Waals surface area contributed by atoms with Gasteiger partial charge in [0.15, 0.2) is 0 Å². The van der Waals surface area contributed by atoms with Gasteiger partial charge < -0.3 is 5.32 Å². The van der Waals surface area contributed by atoms with Crippen molar-refractivity contribution in [3.63, 3.8) is 0 Å². The van der Waals surface area contributed by atoms with Gasteiger partial charge in [0, 0.05) is 17.8 Å². The average molecular weight is 424 g/mol. The molecule has 0 atom stereocenters. The summed E-state index contributed by atoms with van der Waals surface area (Å²) in [5, 5.41) is 3.68. The number of amides is 1. The highest BCUT2D eigenvalue weighted by molar-refractivity contribution is 7.17. The number of piperidine rings is 1. The molecule has 0 unspecified atom stereocenters. The molecule has 156 valence electrons. The van der Waals surface area contributed by atoms with Crippen LogP contribution in [-0.4, -0.2) is 28.9 Å². The van der Waals surface area contributed by atoms with Gasteiger partial charge >= 0.3 is 0 Å². The van der Waals surface area contributed by atoms with E-state index in [1.54, 1.807) is 12.1 Å². The summed E-state index contributed by atoms with van der Waals surface area (Å²) in [6.07, 6.45) is 2.53. The second-order valence-corrected chi connectivity index (χ2v) is 9.05. The second-order valence-electron chi connectivity index (χ2n) is 8.05. The molecule has 1 aliphatic heterocycles. The van der Waals surface area contributed by atoms with Gasteiger partial charge in [0.2, 0.25) is 0 Å². The highest BCUT2D eigenvalue weighted by Crippen LogP contribution is 2.29. The highest BCUT2D eigenvalue weighted by atomic mass is 32.1. The molecule has 0 aliphatic carbocycles. The first-order valence-corrected chi connectivity index (χ1v) is 11.2. The minimum absolute atomic E-state index is 0.170. The molecule has 30 heavy (non-hydrogen) atoms. The molecule has 2 heterocycles. The smallest absolute Gasteiger partial charge is 0.267 e. The van der Waals surface area contributed by atoms with E-state index in [0.29, 0.717) is 15.6 Å². The Morgan fingerprint density at radius 2 is 1.80 bits per heavy atom. The summed E-state index contributed by atoms with van der Waals surface area (Å²) in [6, 6.07) is 14.2. The number of nitrogens with one attached hydrogen (secondary N) is 1. The fourth-order valence-electron chi connectivity index (χ4n) is 3.68. The zero-order chi connectivity index (χ0) is 21.1.